The van der Waals surface area contributed by atoms with Gasteiger partial charge in [-0.3, -0.25) is 4.79 Å². The predicted molar refractivity (Wildman–Crippen MR) is 88.4 cm³/mol. The monoisotopic (exact) mass is 399 g/mol. The van der Waals surface area contributed by atoms with E-state index in [1.807, 2.05) is 0 Å². The molecule has 2 heterocycles. The molecule has 2 aromatic heterocycles. The Kier molecular flexibility index (Phi) is 4.13. The molecular weight excluding hydrogens is 390 g/mol. The van der Waals surface area contributed by atoms with Crippen molar-refractivity contribution in [2.45, 2.75) is 11.4 Å². The fourth-order valence-electron chi connectivity index (χ4n) is 1.87. The van der Waals surface area contributed by atoms with Gasteiger partial charge in [0.15, 0.2) is 0 Å². The number of nitrogens with zero attached hydrogens (tertiary/aromatic N) is 1. The third-order valence-corrected chi connectivity index (χ3v) is 5.93. The molecule has 0 aliphatic heterocycles. The molecule has 0 saturated heterocycles. The molecule has 6 nitrogen and oxygen atoms in total. The smallest absolute Gasteiger partial charge is 0.259 e. The summed E-state index contributed by atoms with van der Waals surface area (Å²) < 4.78 is 27.7. The van der Waals surface area contributed by atoms with Crippen LogP contribution in [0, 0.1) is 0 Å². The highest BCUT2D eigenvalue weighted by Gasteiger charge is 2.14. The van der Waals surface area contributed by atoms with E-state index in [9.17, 15) is 13.2 Å². The van der Waals surface area contributed by atoms with Gasteiger partial charge in [-0.15, -0.1) is 11.3 Å². The third-order valence-electron chi connectivity index (χ3n) is 2.95. The minimum atomic E-state index is -3.59. The maximum absolute atomic E-state index is 12.2. The van der Waals surface area contributed by atoms with Crippen molar-refractivity contribution in [2.24, 2.45) is 0 Å². The fraction of sp³-hybridized carbons (Fsp3) is 0.0769. The Hall–Kier alpha value is -1.55. The zero-order valence-electron chi connectivity index (χ0n) is 11.0. The average molecular weight is 400 g/mol. The van der Waals surface area contributed by atoms with Crippen LogP contribution in [-0.2, 0) is 16.6 Å². The number of H-pyrrole nitrogens is 1. The van der Waals surface area contributed by atoms with Gasteiger partial charge in [-0.1, -0.05) is 15.9 Å². The molecule has 0 fully saturated rings. The number of nitrogens with one attached hydrogen (secondary N) is 2. The van der Waals surface area contributed by atoms with Crippen molar-refractivity contribution in [3.05, 3.63) is 56.4 Å². The molecule has 0 atom stereocenters. The maximum Gasteiger partial charge on any atom is 0.259 e. The molecule has 2 N–H and O–H groups in total. The van der Waals surface area contributed by atoms with E-state index in [0.29, 0.717) is 10.2 Å². The molecule has 0 bridgehead atoms. The first kappa shape index (κ1) is 15.3. The first-order chi connectivity index (χ1) is 10.5. The quantitative estimate of drug-likeness (QED) is 0.703. The molecule has 9 heteroatoms. The minimum absolute atomic E-state index is 0.110. The minimum Gasteiger partial charge on any atom is -0.313 e. The topological polar surface area (TPSA) is 91.9 Å². The molecule has 22 heavy (non-hydrogen) atoms. The predicted octanol–water partition coefficient (Wildman–Crippen LogP) is 2.23. The van der Waals surface area contributed by atoms with Crippen LogP contribution in [0.1, 0.15) is 4.88 Å². The number of hydrogen-bond acceptors (Lipinski definition) is 5. The highest BCUT2D eigenvalue weighted by Crippen LogP contribution is 2.21. The molecule has 0 unspecified atom stereocenters. The average Bonchev–Trinajstić information content (AvgIpc) is 2.90. The van der Waals surface area contributed by atoms with Gasteiger partial charge in [0.25, 0.3) is 5.56 Å². The second-order valence-electron chi connectivity index (χ2n) is 4.44. The van der Waals surface area contributed by atoms with Crippen molar-refractivity contribution in [3.8, 4) is 0 Å². The van der Waals surface area contributed by atoms with Crippen molar-refractivity contribution < 1.29 is 8.42 Å². The van der Waals surface area contributed by atoms with E-state index in [0.717, 1.165) is 9.35 Å². The highest BCUT2D eigenvalue weighted by molar-refractivity contribution is 9.10. The summed E-state index contributed by atoms with van der Waals surface area (Å²) in [5, 5.41) is 0.463. The van der Waals surface area contributed by atoms with Crippen molar-refractivity contribution >= 4 is 47.5 Å². The number of sulfonamides is 1. The molecule has 3 aromatic rings. The molecular formula is C13H10BrN3O3S2. The van der Waals surface area contributed by atoms with Crippen molar-refractivity contribution in [2.75, 3.05) is 0 Å². The van der Waals surface area contributed by atoms with Crippen LogP contribution >= 0.6 is 27.3 Å². The van der Waals surface area contributed by atoms with Gasteiger partial charge < -0.3 is 4.98 Å². The van der Waals surface area contributed by atoms with E-state index in [1.165, 1.54) is 29.8 Å². The lowest BCUT2D eigenvalue weighted by molar-refractivity contribution is 0.582. The second-order valence-corrected chi connectivity index (χ2v) is 8.24. The van der Waals surface area contributed by atoms with Crippen molar-refractivity contribution in [1.82, 2.24) is 14.7 Å². The Morgan fingerprint density at radius 2 is 2.00 bits per heavy atom. The van der Waals surface area contributed by atoms with E-state index in [4.69, 9.17) is 0 Å². The maximum atomic E-state index is 12.2. The molecule has 0 amide bonds. The van der Waals surface area contributed by atoms with E-state index in [2.05, 4.69) is 30.6 Å². The largest absolute Gasteiger partial charge is 0.313 e. The number of fused-ring (bicyclic) bond motifs is 1. The zero-order chi connectivity index (χ0) is 15.7. The van der Waals surface area contributed by atoms with Crippen LogP contribution in [0.15, 0.2) is 50.8 Å². The first-order valence-electron chi connectivity index (χ1n) is 6.17. The molecule has 0 radical (unpaired) electrons. The van der Waals surface area contributed by atoms with E-state index >= 15 is 0 Å². The summed E-state index contributed by atoms with van der Waals surface area (Å²) in [4.78, 5) is 19.7. The lowest BCUT2D eigenvalue weighted by Gasteiger charge is -2.05. The van der Waals surface area contributed by atoms with Gasteiger partial charge in [-0.25, -0.2) is 18.1 Å². The van der Waals surface area contributed by atoms with Gasteiger partial charge in [0.2, 0.25) is 10.0 Å². The number of thiophene rings is 1. The van der Waals surface area contributed by atoms with Crippen LogP contribution in [0.4, 0.5) is 0 Å². The standard InChI is InChI=1S/C13H10BrN3O3S2/c14-8-1-3-10(4-2-8)22(19,20)17-6-9-5-11-12(18)15-7-16-13(11)21-9/h1-5,7,17H,6H2,(H,15,16,18). The second kappa shape index (κ2) is 5.92. The number of benzene rings is 1. The van der Waals surface area contributed by atoms with Gasteiger partial charge in [0, 0.05) is 15.9 Å². The van der Waals surface area contributed by atoms with Gasteiger partial charge in [-0.05, 0) is 30.3 Å². The number of halogens is 1. The lowest BCUT2D eigenvalue weighted by atomic mass is 10.3. The van der Waals surface area contributed by atoms with E-state index in [-0.39, 0.29) is 17.0 Å². The molecule has 0 spiro atoms. The summed E-state index contributed by atoms with van der Waals surface area (Å²) >= 11 is 4.55. The Morgan fingerprint density at radius 3 is 2.68 bits per heavy atom. The molecule has 0 aliphatic rings. The summed E-state index contributed by atoms with van der Waals surface area (Å²) in [6, 6.07) is 8.01. The van der Waals surface area contributed by atoms with Gasteiger partial charge in [-0.2, -0.15) is 0 Å². The van der Waals surface area contributed by atoms with Gasteiger partial charge in [0.1, 0.15) is 4.83 Å². The zero-order valence-corrected chi connectivity index (χ0v) is 14.3. The summed E-state index contributed by atoms with van der Waals surface area (Å²) in [5.41, 5.74) is -0.233. The highest BCUT2D eigenvalue weighted by atomic mass is 79.9. The number of hydrogen-bond donors (Lipinski definition) is 2. The van der Waals surface area contributed by atoms with Crippen LogP contribution < -0.4 is 10.3 Å². The van der Waals surface area contributed by atoms with Gasteiger partial charge in [0.05, 0.1) is 16.6 Å². The summed E-state index contributed by atoms with van der Waals surface area (Å²) in [5.74, 6) is 0. The molecule has 114 valence electrons. The van der Waals surface area contributed by atoms with Crippen LogP contribution in [0.3, 0.4) is 0 Å². The van der Waals surface area contributed by atoms with Gasteiger partial charge >= 0.3 is 0 Å². The Bertz CT molecular complexity index is 978. The number of rotatable bonds is 4. The molecule has 0 saturated carbocycles. The van der Waals surface area contributed by atoms with Crippen LogP contribution in [-0.4, -0.2) is 18.4 Å². The molecule has 0 aliphatic carbocycles. The van der Waals surface area contributed by atoms with Crippen molar-refractivity contribution in [3.63, 3.8) is 0 Å². The van der Waals surface area contributed by atoms with Crippen LogP contribution in [0.2, 0.25) is 0 Å². The van der Waals surface area contributed by atoms with Crippen LogP contribution in [0.25, 0.3) is 10.2 Å². The first-order valence-corrected chi connectivity index (χ1v) is 9.26. The molecule has 1 aromatic carbocycles. The third kappa shape index (κ3) is 3.12. The lowest BCUT2D eigenvalue weighted by Crippen LogP contribution is -2.22. The Labute approximate surface area is 138 Å². The number of aromatic nitrogens is 2. The fourth-order valence-corrected chi connectivity index (χ4v) is 4.17. The van der Waals surface area contributed by atoms with E-state index < -0.39 is 10.0 Å². The van der Waals surface area contributed by atoms with Crippen molar-refractivity contribution in [1.29, 1.82) is 0 Å². The summed E-state index contributed by atoms with van der Waals surface area (Å²) in [6.07, 6.45) is 1.33. The molecule has 3 rings (SSSR count). The SMILES string of the molecule is O=c1[nH]cnc2sc(CNS(=O)(=O)c3ccc(Br)cc3)cc12. The van der Waals surface area contributed by atoms with E-state index in [1.54, 1.807) is 18.2 Å². The van der Waals surface area contributed by atoms with Crippen LogP contribution in [0.5, 0.6) is 0 Å². The number of aromatic amines is 1. The summed E-state index contributed by atoms with van der Waals surface area (Å²) in [7, 11) is -3.59. The Balaban J connectivity index is 1.82. The summed E-state index contributed by atoms with van der Waals surface area (Å²) in [6.45, 7) is 0.110. The normalized spacial score (nSPS) is 11.9. The Morgan fingerprint density at radius 1 is 1.27 bits per heavy atom.